The maximum Gasteiger partial charge on any atom is 0.121 e. The van der Waals surface area contributed by atoms with Gasteiger partial charge in [-0.15, -0.1) is 0 Å². The van der Waals surface area contributed by atoms with Crippen molar-refractivity contribution in [2.45, 2.75) is 26.4 Å². The van der Waals surface area contributed by atoms with Gasteiger partial charge >= 0.3 is 0 Å². The van der Waals surface area contributed by atoms with Gasteiger partial charge in [0, 0.05) is 24.3 Å². The molecule has 0 aliphatic carbocycles. The van der Waals surface area contributed by atoms with Crippen molar-refractivity contribution in [3.63, 3.8) is 0 Å². The molecule has 0 unspecified atom stereocenters. The van der Waals surface area contributed by atoms with Crippen molar-refractivity contribution < 1.29 is 4.74 Å². The standard InChI is InChI=1S/C12H20N2O/c1-9(2)14(3)8-10-5-11(13)7-12(6-10)15-4/h5-7,9H,8,13H2,1-4H3. The van der Waals surface area contributed by atoms with E-state index in [1.165, 1.54) is 5.56 Å². The van der Waals surface area contributed by atoms with E-state index >= 15 is 0 Å². The van der Waals surface area contributed by atoms with Crippen molar-refractivity contribution >= 4 is 5.69 Å². The van der Waals surface area contributed by atoms with Gasteiger partial charge in [-0.2, -0.15) is 0 Å². The van der Waals surface area contributed by atoms with Crippen molar-refractivity contribution in [2.24, 2.45) is 0 Å². The lowest BCUT2D eigenvalue weighted by atomic mass is 10.1. The van der Waals surface area contributed by atoms with E-state index in [1.54, 1.807) is 7.11 Å². The molecule has 1 aromatic rings. The Labute approximate surface area is 91.8 Å². The SMILES string of the molecule is COc1cc(N)cc(CN(C)C(C)C)c1. The molecule has 0 saturated heterocycles. The maximum atomic E-state index is 5.79. The molecular weight excluding hydrogens is 188 g/mol. The van der Waals surface area contributed by atoms with Crippen LogP contribution < -0.4 is 10.5 Å². The van der Waals surface area contributed by atoms with E-state index in [-0.39, 0.29) is 0 Å². The van der Waals surface area contributed by atoms with E-state index in [9.17, 15) is 0 Å². The first-order valence-corrected chi connectivity index (χ1v) is 5.16. The summed E-state index contributed by atoms with van der Waals surface area (Å²) in [5.74, 6) is 0.821. The summed E-state index contributed by atoms with van der Waals surface area (Å²) in [6.45, 7) is 5.23. The zero-order chi connectivity index (χ0) is 11.4. The highest BCUT2D eigenvalue weighted by Crippen LogP contribution is 2.19. The monoisotopic (exact) mass is 208 g/mol. The molecule has 0 radical (unpaired) electrons. The smallest absolute Gasteiger partial charge is 0.121 e. The fourth-order valence-corrected chi connectivity index (χ4v) is 1.37. The Morgan fingerprint density at radius 3 is 2.53 bits per heavy atom. The summed E-state index contributed by atoms with van der Waals surface area (Å²) >= 11 is 0. The fourth-order valence-electron chi connectivity index (χ4n) is 1.37. The Morgan fingerprint density at radius 2 is 2.00 bits per heavy atom. The van der Waals surface area contributed by atoms with E-state index < -0.39 is 0 Å². The maximum absolute atomic E-state index is 5.79. The number of hydrogen-bond donors (Lipinski definition) is 1. The largest absolute Gasteiger partial charge is 0.497 e. The van der Waals surface area contributed by atoms with Crippen molar-refractivity contribution in [1.29, 1.82) is 0 Å². The van der Waals surface area contributed by atoms with Gasteiger partial charge in [0.2, 0.25) is 0 Å². The molecule has 0 spiro atoms. The topological polar surface area (TPSA) is 38.5 Å². The first-order valence-electron chi connectivity index (χ1n) is 5.16. The number of nitrogens with zero attached hydrogens (tertiary/aromatic N) is 1. The Bertz CT molecular complexity index is 323. The van der Waals surface area contributed by atoms with Crippen molar-refractivity contribution in [2.75, 3.05) is 19.9 Å². The van der Waals surface area contributed by atoms with E-state index in [2.05, 4.69) is 25.8 Å². The lowest BCUT2D eigenvalue weighted by Gasteiger charge is -2.21. The Kier molecular flexibility index (Phi) is 3.97. The molecular formula is C12H20N2O. The highest BCUT2D eigenvalue weighted by molar-refractivity contribution is 5.47. The molecule has 84 valence electrons. The quantitative estimate of drug-likeness (QED) is 0.770. The van der Waals surface area contributed by atoms with Gasteiger partial charge in [-0.3, -0.25) is 4.90 Å². The third-order valence-corrected chi connectivity index (χ3v) is 2.54. The summed E-state index contributed by atoms with van der Waals surface area (Å²) in [6.07, 6.45) is 0. The third-order valence-electron chi connectivity index (χ3n) is 2.54. The summed E-state index contributed by atoms with van der Waals surface area (Å²) in [5, 5.41) is 0. The number of benzene rings is 1. The predicted octanol–water partition coefficient (Wildman–Crippen LogP) is 2.12. The van der Waals surface area contributed by atoms with Crippen LogP contribution in [0.15, 0.2) is 18.2 Å². The Balaban J connectivity index is 2.80. The van der Waals surface area contributed by atoms with Gasteiger partial charge in [-0.05, 0) is 38.6 Å². The molecule has 3 heteroatoms. The molecule has 0 heterocycles. The molecule has 2 N–H and O–H groups in total. The van der Waals surface area contributed by atoms with Crippen LogP contribution >= 0.6 is 0 Å². The second-order valence-electron chi connectivity index (χ2n) is 4.12. The van der Waals surface area contributed by atoms with Crippen LogP contribution in [-0.2, 0) is 6.54 Å². The summed E-state index contributed by atoms with van der Waals surface area (Å²) < 4.78 is 5.18. The Hall–Kier alpha value is -1.22. The van der Waals surface area contributed by atoms with Crippen molar-refractivity contribution in [1.82, 2.24) is 4.90 Å². The van der Waals surface area contributed by atoms with Crippen molar-refractivity contribution in [3.8, 4) is 5.75 Å². The normalized spacial score (nSPS) is 11.1. The summed E-state index contributed by atoms with van der Waals surface area (Å²) in [4.78, 5) is 2.26. The van der Waals surface area contributed by atoms with Crippen LogP contribution in [0, 0.1) is 0 Å². The first kappa shape index (κ1) is 11.9. The molecule has 0 amide bonds. The van der Waals surface area contributed by atoms with E-state index in [1.807, 2.05) is 18.2 Å². The van der Waals surface area contributed by atoms with Gasteiger partial charge in [0.05, 0.1) is 7.11 Å². The highest BCUT2D eigenvalue weighted by atomic mass is 16.5. The lowest BCUT2D eigenvalue weighted by molar-refractivity contribution is 0.265. The van der Waals surface area contributed by atoms with Gasteiger partial charge in [-0.1, -0.05) is 0 Å². The van der Waals surface area contributed by atoms with Crippen LogP contribution in [0.4, 0.5) is 5.69 Å². The van der Waals surface area contributed by atoms with Gasteiger partial charge in [0.1, 0.15) is 5.75 Å². The minimum absolute atomic E-state index is 0.525. The van der Waals surface area contributed by atoms with Gasteiger partial charge in [-0.25, -0.2) is 0 Å². The molecule has 0 saturated carbocycles. The molecule has 1 rings (SSSR count). The van der Waals surface area contributed by atoms with Gasteiger partial charge in [0.25, 0.3) is 0 Å². The minimum atomic E-state index is 0.525. The third kappa shape index (κ3) is 3.44. The molecule has 15 heavy (non-hydrogen) atoms. The van der Waals surface area contributed by atoms with E-state index in [0.717, 1.165) is 18.0 Å². The van der Waals surface area contributed by atoms with Crippen molar-refractivity contribution in [3.05, 3.63) is 23.8 Å². The average Bonchev–Trinajstić information content (AvgIpc) is 2.16. The molecule has 0 fully saturated rings. The number of anilines is 1. The summed E-state index contributed by atoms with van der Waals surface area (Å²) in [5.41, 5.74) is 7.72. The molecule has 0 bridgehead atoms. The molecule has 0 aromatic heterocycles. The molecule has 0 atom stereocenters. The number of rotatable bonds is 4. The van der Waals surface area contributed by atoms with E-state index in [0.29, 0.717) is 6.04 Å². The van der Waals surface area contributed by atoms with Gasteiger partial charge in [0.15, 0.2) is 0 Å². The number of nitrogen functional groups attached to an aromatic ring is 1. The number of nitrogens with two attached hydrogens (primary N) is 1. The van der Waals surface area contributed by atoms with Gasteiger partial charge < -0.3 is 10.5 Å². The summed E-state index contributed by atoms with van der Waals surface area (Å²) in [7, 11) is 3.76. The second kappa shape index (κ2) is 5.03. The fraction of sp³-hybridized carbons (Fsp3) is 0.500. The lowest BCUT2D eigenvalue weighted by Crippen LogP contribution is -2.25. The molecule has 3 nitrogen and oxygen atoms in total. The van der Waals surface area contributed by atoms with Crippen LogP contribution in [0.2, 0.25) is 0 Å². The second-order valence-corrected chi connectivity index (χ2v) is 4.12. The number of ether oxygens (including phenoxy) is 1. The molecule has 0 aliphatic rings. The number of hydrogen-bond acceptors (Lipinski definition) is 3. The van der Waals surface area contributed by atoms with Crippen LogP contribution in [0.5, 0.6) is 5.75 Å². The molecule has 1 aromatic carbocycles. The average molecular weight is 208 g/mol. The number of methoxy groups -OCH3 is 1. The van der Waals surface area contributed by atoms with Crippen LogP contribution in [0.3, 0.4) is 0 Å². The zero-order valence-electron chi connectivity index (χ0n) is 9.95. The first-order chi connectivity index (χ1) is 7.02. The van der Waals surface area contributed by atoms with Crippen LogP contribution in [0.1, 0.15) is 19.4 Å². The summed E-state index contributed by atoms with van der Waals surface area (Å²) in [6, 6.07) is 6.37. The van der Waals surface area contributed by atoms with E-state index in [4.69, 9.17) is 10.5 Å². The zero-order valence-corrected chi connectivity index (χ0v) is 9.95. The van der Waals surface area contributed by atoms with Crippen LogP contribution in [0.25, 0.3) is 0 Å². The van der Waals surface area contributed by atoms with Crippen LogP contribution in [-0.4, -0.2) is 25.1 Å². The Morgan fingerprint density at radius 1 is 1.33 bits per heavy atom. The predicted molar refractivity (Wildman–Crippen MR) is 64.0 cm³/mol. The molecule has 0 aliphatic heterocycles. The highest BCUT2D eigenvalue weighted by Gasteiger charge is 2.05. The minimum Gasteiger partial charge on any atom is -0.497 e.